The van der Waals surface area contributed by atoms with Crippen LogP contribution in [0.5, 0.6) is 5.75 Å². The molecular weight excluding hydrogens is 483 g/mol. The van der Waals surface area contributed by atoms with E-state index in [0.29, 0.717) is 28.7 Å². The third kappa shape index (κ3) is 6.87. The molecule has 174 valence electrons. The second-order valence-corrected chi connectivity index (χ2v) is 9.98. The lowest BCUT2D eigenvalue weighted by Gasteiger charge is -2.24. The number of hydrogen-bond donors (Lipinski definition) is 1. The van der Waals surface area contributed by atoms with E-state index in [0.717, 1.165) is 22.0 Å². The molecule has 0 aliphatic heterocycles. The number of hydrogen-bond acceptors (Lipinski definition) is 4. The Bertz CT molecular complexity index is 1180. The number of halogens is 2. The molecule has 3 aromatic rings. The highest BCUT2D eigenvalue weighted by Crippen LogP contribution is 2.26. The summed E-state index contributed by atoms with van der Waals surface area (Å²) in [5, 5.41) is 3.58. The molecule has 6 nitrogen and oxygen atoms in total. The topological polar surface area (TPSA) is 75.7 Å². The number of ether oxygens (including phenoxy) is 1. The first-order valence-corrected chi connectivity index (χ1v) is 12.4. The fraction of sp³-hybridized carbons (Fsp3) is 0.208. The number of carbonyl (C=O) groups is 1. The van der Waals surface area contributed by atoms with Crippen molar-refractivity contribution in [1.29, 1.82) is 0 Å². The summed E-state index contributed by atoms with van der Waals surface area (Å²) in [5.41, 5.74) is 1.42. The van der Waals surface area contributed by atoms with Crippen LogP contribution in [-0.2, 0) is 21.2 Å². The van der Waals surface area contributed by atoms with Crippen molar-refractivity contribution in [3.63, 3.8) is 0 Å². The highest BCUT2D eigenvalue weighted by molar-refractivity contribution is 7.92. The van der Waals surface area contributed by atoms with E-state index in [4.69, 9.17) is 27.9 Å². The molecule has 9 heteroatoms. The molecule has 3 aromatic carbocycles. The molecule has 0 aliphatic carbocycles. The predicted octanol–water partition coefficient (Wildman–Crippen LogP) is 4.95. The second-order valence-electron chi connectivity index (χ2n) is 7.25. The maximum absolute atomic E-state index is 13.3. The highest BCUT2D eigenvalue weighted by Gasteiger charge is 2.27. The van der Waals surface area contributed by atoms with Crippen LogP contribution in [0.25, 0.3) is 0 Å². The third-order valence-electron chi connectivity index (χ3n) is 4.91. The minimum absolute atomic E-state index is 0.0270. The van der Waals surface area contributed by atoms with Crippen molar-refractivity contribution in [2.24, 2.45) is 0 Å². The van der Waals surface area contributed by atoms with Crippen LogP contribution in [0.4, 0.5) is 5.69 Å². The normalized spacial score (nSPS) is 11.1. The first-order chi connectivity index (χ1) is 15.8. The molecule has 0 saturated carbocycles. The Morgan fingerprint density at radius 2 is 1.67 bits per heavy atom. The molecule has 0 aliphatic rings. The van der Waals surface area contributed by atoms with Gasteiger partial charge in [-0.25, -0.2) is 8.42 Å². The van der Waals surface area contributed by atoms with Crippen LogP contribution >= 0.6 is 23.2 Å². The number of methoxy groups -OCH3 is 1. The Labute approximate surface area is 204 Å². The molecule has 0 heterocycles. The van der Waals surface area contributed by atoms with Gasteiger partial charge >= 0.3 is 0 Å². The maximum Gasteiger partial charge on any atom is 0.264 e. The summed E-state index contributed by atoms with van der Waals surface area (Å²) >= 11 is 12.0. The van der Waals surface area contributed by atoms with Gasteiger partial charge in [-0.2, -0.15) is 0 Å². The van der Waals surface area contributed by atoms with Crippen molar-refractivity contribution in [2.75, 3.05) is 24.5 Å². The van der Waals surface area contributed by atoms with Crippen molar-refractivity contribution in [1.82, 2.24) is 5.32 Å². The molecule has 0 radical (unpaired) electrons. The van der Waals surface area contributed by atoms with Gasteiger partial charge in [-0.1, -0.05) is 41.4 Å². The summed E-state index contributed by atoms with van der Waals surface area (Å²) in [4.78, 5) is 12.7. The Balaban J connectivity index is 1.68. The first-order valence-electron chi connectivity index (χ1n) is 10.2. The summed E-state index contributed by atoms with van der Waals surface area (Å²) in [6.45, 7) is 0.0308. The number of nitrogens with one attached hydrogen (secondary N) is 1. The lowest BCUT2D eigenvalue weighted by Crippen LogP contribution is -2.41. The molecule has 0 atom stereocenters. The average Bonchev–Trinajstić information content (AvgIpc) is 2.81. The van der Waals surface area contributed by atoms with Crippen LogP contribution in [0.3, 0.4) is 0 Å². The minimum Gasteiger partial charge on any atom is -0.497 e. The van der Waals surface area contributed by atoms with Gasteiger partial charge in [0.1, 0.15) is 12.3 Å². The van der Waals surface area contributed by atoms with Gasteiger partial charge in [0.25, 0.3) is 10.0 Å². The van der Waals surface area contributed by atoms with Gasteiger partial charge in [-0.05, 0) is 73.0 Å². The number of anilines is 1. The standard InChI is InChI=1S/C24H24Cl2N2O4S/c1-32-22-11-7-18(8-12-22)4-3-15-27-24(29)17-28(21-6-2-5-20(26)16-21)33(30,31)23-13-9-19(25)10-14-23/h2,5-14,16H,3-4,15,17H2,1H3,(H,27,29). The summed E-state index contributed by atoms with van der Waals surface area (Å²) < 4.78 is 32.8. The number of sulfonamides is 1. The summed E-state index contributed by atoms with van der Waals surface area (Å²) in [6, 6.07) is 19.9. The molecule has 0 aromatic heterocycles. The van der Waals surface area contributed by atoms with Crippen molar-refractivity contribution in [2.45, 2.75) is 17.7 Å². The van der Waals surface area contributed by atoms with E-state index in [1.54, 1.807) is 25.3 Å². The van der Waals surface area contributed by atoms with Crippen LogP contribution in [0.2, 0.25) is 10.0 Å². The number of aryl methyl sites for hydroxylation is 1. The molecule has 3 rings (SSSR count). The number of amides is 1. The monoisotopic (exact) mass is 506 g/mol. The molecule has 33 heavy (non-hydrogen) atoms. The molecule has 0 fully saturated rings. The van der Waals surface area contributed by atoms with E-state index < -0.39 is 15.9 Å². The van der Waals surface area contributed by atoms with Crippen molar-refractivity contribution in [3.8, 4) is 5.75 Å². The van der Waals surface area contributed by atoms with Gasteiger partial charge in [0.2, 0.25) is 5.91 Å². The van der Waals surface area contributed by atoms with Gasteiger partial charge in [0.05, 0.1) is 17.7 Å². The van der Waals surface area contributed by atoms with E-state index in [9.17, 15) is 13.2 Å². The molecule has 1 amide bonds. The largest absolute Gasteiger partial charge is 0.497 e. The summed E-state index contributed by atoms with van der Waals surface area (Å²) in [5.74, 6) is 0.373. The van der Waals surface area contributed by atoms with Gasteiger partial charge in [0, 0.05) is 16.6 Å². The maximum atomic E-state index is 13.3. The van der Waals surface area contributed by atoms with Gasteiger partial charge in [-0.15, -0.1) is 0 Å². The van der Waals surface area contributed by atoms with E-state index in [1.165, 1.54) is 30.3 Å². The van der Waals surface area contributed by atoms with Crippen LogP contribution in [0.15, 0.2) is 77.7 Å². The Kier molecular flexibility index (Phi) is 8.61. The predicted molar refractivity (Wildman–Crippen MR) is 132 cm³/mol. The fourth-order valence-electron chi connectivity index (χ4n) is 3.18. The Hall–Kier alpha value is -2.74. The molecule has 0 unspecified atom stereocenters. The lowest BCUT2D eigenvalue weighted by molar-refractivity contribution is -0.119. The van der Waals surface area contributed by atoms with Crippen LogP contribution < -0.4 is 14.4 Å². The molecule has 0 bridgehead atoms. The number of carbonyl (C=O) groups excluding carboxylic acids is 1. The second kappa shape index (κ2) is 11.4. The quantitative estimate of drug-likeness (QED) is 0.394. The summed E-state index contributed by atoms with van der Waals surface area (Å²) in [7, 11) is -2.40. The van der Waals surface area contributed by atoms with E-state index in [-0.39, 0.29) is 11.4 Å². The number of rotatable bonds is 10. The van der Waals surface area contributed by atoms with Crippen LogP contribution in [0.1, 0.15) is 12.0 Å². The minimum atomic E-state index is -4.02. The van der Waals surface area contributed by atoms with Crippen molar-refractivity contribution < 1.29 is 17.9 Å². The van der Waals surface area contributed by atoms with Crippen molar-refractivity contribution >= 4 is 44.8 Å². The van der Waals surface area contributed by atoms with E-state index >= 15 is 0 Å². The number of nitrogens with zero attached hydrogens (tertiary/aromatic N) is 1. The smallest absolute Gasteiger partial charge is 0.264 e. The Morgan fingerprint density at radius 1 is 0.970 bits per heavy atom. The molecule has 0 spiro atoms. The molecule has 1 N–H and O–H groups in total. The average molecular weight is 507 g/mol. The zero-order valence-electron chi connectivity index (χ0n) is 18.0. The zero-order chi connectivity index (χ0) is 23.8. The SMILES string of the molecule is COc1ccc(CCCNC(=O)CN(c2cccc(Cl)c2)S(=O)(=O)c2ccc(Cl)cc2)cc1. The molecular formula is C24H24Cl2N2O4S. The molecule has 0 saturated heterocycles. The summed E-state index contributed by atoms with van der Waals surface area (Å²) in [6.07, 6.45) is 1.48. The number of benzene rings is 3. The van der Waals surface area contributed by atoms with E-state index in [2.05, 4.69) is 5.32 Å². The first kappa shape index (κ1) is 24.9. The third-order valence-corrected chi connectivity index (χ3v) is 7.18. The zero-order valence-corrected chi connectivity index (χ0v) is 20.3. The van der Waals surface area contributed by atoms with Gasteiger partial charge in [0.15, 0.2) is 0 Å². The van der Waals surface area contributed by atoms with Crippen LogP contribution in [0, 0.1) is 0 Å². The van der Waals surface area contributed by atoms with Gasteiger partial charge < -0.3 is 10.1 Å². The van der Waals surface area contributed by atoms with E-state index in [1.807, 2.05) is 24.3 Å². The lowest BCUT2D eigenvalue weighted by atomic mass is 10.1. The Morgan fingerprint density at radius 3 is 2.30 bits per heavy atom. The highest BCUT2D eigenvalue weighted by atomic mass is 35.5. The van der Waals surface area contributed by atoms with Gasteiger partial charge in [-0.3, -0.25) is 9.10 Å². The van der Waals surface area contributed by atoms with Crippen LogP contribution in [-0.4, -0.2) is 34.5 Å². The van der Waals surface area contributed by atoms with Crippen molar-refractivity contribution in [3.05, 3.63) is 88.4 Å². The fourth-order valence-corrected chi connectivity index (χ4v) is 4.90.